The van der Waals surface area contributed by atoms with E-state index in [0.29, 0.717) is 19.4 Å². The highest BCUT2D eigenvalue weighted by Crippen LogP contribution is 2.15. The first-order valence-corrected chi connectivity index (χ1v) is 27.8. The zero-order valence-electron chi connectivity index (χ0n) is 42.1. The van der Waals surface area contributed by atoms with Crippen LogP contribution in [0.25, 0.3) is 0 Å². The molecule has 370 valence electrons. The van der Waals surface area contributed by atoms with E-state index < -0.39 is 12.1 Å². The average Bonchev–Trinajstić information content (AvgIpc) is 3.28. The summed E-state index contributed by atoms with van der Waals surface area (Å²) >= 11 is 0. The normalized spacial score (nSPS) is 12.9. The molecule has 0 spiro atoms. The van der Waals surface area contributed by atoms with E-state index in [0.717, 1.165) is 51.4 Å². The van der Waals surface area contributed by atoms with Crippen LogP contribution in [0.1, 0.15) is 290 Å². The maximum absolute atomic E-state index is 12.4. The fourth-order valence-corrected chi connectivity index (χ4v) is 8.33. The quantitative estimate of drug-likeness (QED) is 0.0321. The summed E-state index contributed by atoms with van der Waals surface area (Å²) in [7, 11) is 0. The third-order valence-corrected chi connectivity index (χ3v) is 12.6. The van der Waals surface area contributed by atoms with Crippen LogP contribution in [0.4, 0.5) is 0 Å². The predicted molar refractivity (Wildman–Crippen MR) is 273 cm³/mol. The van der Waals surface area contributed by atoms with Gasteiger partial charge in [-0.1, -0.05) is 230 Å². The Labute approximate surface area is 392 Å². The summed E-state index contributed by atoms with van der Waals surface area (Å²) in [6.07, 6.45) is 64.6. The second-order valence-corrected chi connectivity index (χ2v) is 18.9. The van der Waals surface area contributed by atoms with Crippen molar-refractivity contribution in [2.24, 2.45) is 0 Å². The fourth-order valence-electron chi connectivity index (χ4n) is 8.33. The lowest BCUT2D eigenvalue weighted by molar-refractivity contribution is -0.143. The highest BCUT2D eigenvalue weighted by molar-refractivity contribution is 5.76. The molecule has 0 aromatic carbocycles. The maximum atomic E-state index is 12.4. The molecule has 0 fully saturated rings. The molecule has 0 aliphatic carbocycles. The number of esters is 1. The highest BCUT2D eigenvalue weighted by atomic mass is 16.5. The minimum atomic E-state index is -0.846. The smallest absolute Gasteiger partial charge is 0.305 e. The lowest BCUT2D eigenvalue weighted by atomic mass is 10.0. The topological polar surface area (TPSA) is 95.9 Å². The molecule has 0 rings (SSSR count). The van der Waals surface area contributed by atoms with Crippen molar-refractivity contribution in [3.63, 3.8) is 0 Å². The van der Waals surface area contributed by atoms with Gasteiger partial charge >= 0.3 is 5.97 Å². The number of aliphatic hydroxyl groups excluding tert-OH is 2. The zero-order chi connectivity index (χ0) is 45.8. The largest absolute Gasteiger partial charge is 0.466 e. The first kappa shape index (κ1) is 61.1. The molecule has 0 aromatic heterocycles. The number of aliphatic hydroxyl groups is 2. The first-order chi connectivity index (χ1) is 31.0. The van der Waals surface area contributed by atoms with Gasteiger partial charge in [0.1, 0.15) is 0 Å². The van der Waals surface area contributed by atoms with Crippen LogP contribution in [0.5, 0.6) is 0 Å². The number of allylic oxidation sites excluding steroid dienone is 5. The van der Waals surface area contributed by atoms with Gasteiger partial charge in [0, 0.05) is 12.8 Å². The van der Waals surface area contributed by atoms with Crippen LogP contribution in [0, 0.1) is 0 Å². The molecular weight excluding hydrogens is 779 g/mol. The Bertz CT molecular complexity index is 1020. The molecule has 0 heterocycles. The van der Waals surface area contributed by atoms with Crippen LogP contribution in [0.15, 0.2) is 36.5 Å². The molecule has 0 saturated heterocycles. The van der Waals surface area contributed by atoms with Crippen LogP contribution < -0.4 is 5.32 Å². The van der Waals surface area contributed by atoms with E-state index in [2.05, 4.69) is 43.5 Å². The number of carbonyl (C=O) groups is 2. The first-order valence-electron chi connectivity index (χ1n) is 27.8. The van der Waals surface area contributed by atoms with Crippen molar-refractivity contribution >= 4 is 11.9 Å². The summed E-state index contributed by atoms with van der Waals surface area (Å²) in [5.41, 5.74) is 0. The molecule has 1 amide bonds. The third kappa shape index (κ3) is 49.4. The molecule has 0 aromatic rings. The van der Waals surface area contributed by atoms with Crippen LogP contribution in [-0.2, 0) is 14.3 Å². The number of carbonyl (C=O) groups excluding carboxylic acids is 2. The van der Waals surface area contributed by atoms with Crippen molar-refractivity contribution in [1.29, 1.82) is 0 Å². The van der Waals surface area contributed by atoms with E-state index >= 15 is 0 Å². The maximum Gasteiger partial charge on any atom is 0.305 e. The third-order valence-electron chi connectivity index (χ3n) is 12.6. The van der Waals surface area contributed by atoms with Crippen LogP contribution in [0.3, 0.4) is 0 Å². The van der Waals surface area contributed by atoms with Crippen molar-refractivity contribution in [3.05, 3.63) is 36.5 Å². The van der Waals surface area contributed by atoms with E-state index in [1.54, 1.807) is 6.08 Å². The fraction of sp³-hybridized carbons (Fsp3) is 0.860. The monoisotopic (exact) mass is 886 g/mol. The van der Waals surface area contributed by atoms with Gasteiger partial charge in [0.05, 0.1) is 25.4 Å². The number of unbranched alkanes of at least 4 members (excludes halogenated alkanes) is 36. The van der Waals surface area contributed by atoms with E-state index in [9.17, 15) is 19.8 Å². The molecule has 63 heavy (non-hydrogen) atoms. The van der Waals surface area contributed by atoms with Crippen LogP contribution in [0.2, 0.25) is 0 Å². The predicted octanol–water partition coefficient (Wildman–Crippen LogP) is 16.9. The summed E-state index contributed by atoms with van der Waals surface area (Å²) in [6.45, 7) is 4.86. The van der Waals surface area contributed by atoms with E-state index in [1.165, 1.54) is 212 Å². The highest BCUT2D eigenvalue weighted by Gasteiger charge is 2.18. The minimum Gasteiger partial charge on any atom is -0.466 e. The SMILES string of the molecule is CCCCCCC/C=C\CCCCCCCC(=O)OCCCCCCCCCCCCCC/C=C\CCCCCCCCCC(=O)NC(CO)C(O)/C=C/CCCCCCCCC. The Morgan fingerprint density at radius 2 is 0.746 bits per heavy atom. The lowest BCUT2D eigenvalue weighted by Gasteiger charge is -2.20. The zero-order valence-corrected chi connectivity index (χ0v) is 42.1. The summed E-state index contributed by atoms with van der Waals surface area (Å²) in [4.78, 5) is 24.4. The van der Waals surface area contributed by atoms with Gasteiger partial charge in [0.2, 0.25) is 5.91 Å². The van der Waals surface area contributed by atoms with Gasteiger partial charge in [0.15, 0.2) is 0 Å². The van der Waals surface area contributed by atoms with Gasteiger partial charge in [-0.05, 0) is 83.5 Å². The number of ether oxygens (including phenoxy) is 1. The molecule has 0 radical (unpaired) electrons. The van der Waals surface area contributed by atoms with Crippen molar-refractivity contribution in [1.82, 2.24) is 5.32 Å². The molecule has 0 saturated carbocycles. The van der Waals surface area contributed by atoms with Gasteiger partial charge in [-0.3, -0.25) is 9.59 Å². The molecule has 6 nitrogen and oxygen atoms in total. The standard InChI is InChI=1S/C57H107NO5/c1-3-5-7-9-11-13-14-15-28-31-35-39-43-47-51-57(62)63-52-48-44-40-36-32-29-26-24-22-20-18-16-17-19-21-23-25-27-30-34-38-42-46-50-56(61)58-54(53-59)55(60)49-45-41-37-33-12-10-8-6-4-2/h14-15,19,21,45,49,54-55,59-60H,3-13,16-18,20,22-44,46-48,50-53H2,1-2H3,(H,58,61)/b15-14-,21-19-,49-45+. The van der Waals surface area contributed by atoms with E-state index in [-0.39, 0.29) is 18.5 Å². The second-order valence-electron chi connectivity index (χ2n) is 18.9. The van der Waals surface area contributed by atoms with Crippen molar-refractivity contribution in [2.45, 2.75) is 302 Å². The number of rotatable bonds is 51. The number of nitrogens with one attached hydrogen (secondary N) is 1. The van der Waals surface area contributed by atoms with Crippen LogP contribution in [-0.4, -0.2) is 47.4 Å². The molecule has 0 aliphatic rings. The van der Waals surface area contributed by atoms with Gasteiger partial charge in [0.25, 0.3) is 0 Å². The van der Waals surface area contributed by atoms with Gasteiger partial charge in [-0.25, -0.2) is 0 Å². The molecule has 0 aliphatic heterocycles. The number of hydrogen-bond acceptors (Lipinski definition) is 5. The summed E-state index contributed by atoms with van der Waals surface area (Å²) < 4.78 is 5.47. The Morgan fingerprint density at radius 3 is 1.13 bits per heavy atom. The molecule has 6 heteroatoms. The minimum absolute atomic E-state index is 0.00179. The number of amides is 1. The molecule has 2 unspecified atom stereocenters. The van der Waals surface area contributed by atoms with Gasteiger partial charge < -0.3 is 20.3 Å². The van der Waals surface area contributed by atoms with Crippen molar-refractivity contribution in [2.75, 3.05) is 13.2 Å². The Hall–Kier alpha value is -1.92. The average molecular weight is 886 g/mol. The Balaban J connectivity index is 3.40. The second kappa shape index (κ2) is 52.7. The number of hydrogen-bond donors (Lipinski definition) is 3. The van der Waals surface area contributed by atoms with E-state index in [4.69, 9.17) is 4.74 Å². The molecule has 3 N–H and O–H groups in total. The summed E-state index contributed by atoms with van der Waals surface area (Å²) in [6, 6.07) is -0.630. The lowest BCUT2D eigenvalue weighted by Crippen LogP contribution is -2.45. The molecule has 2 atom stereocenters. The van der Waals surface area contributed by atoms with Gasteiger partial charge in [-0.15, -0.1) is 0 Å². The Kier molecular flexibility index (Phi) is 51.1. The molecular formula is C57H107NO5. The van der Waals surface area contributed by atoms with E-state index in [1.807, 2.05) is 6.08 Å². The summed E-state index contributed by atoms with van der Waals surface area (Å²) in [5.74, 6) is -0.0757. The Morgan fingerprint density at radius 1 is 0.429 bits per heavy atom. The van der Waals surface area contributed by atoms with Crippen LogP contribution >= 0.6 is 0 Å². The van der Waals surface area contributed by atoms with Crippen molar-refractivity contribution in [3.8, 4) is 0 Å². The summed E-state index contributed by atoms with van der Waals surface area (Å²) in [5, 5.41) is 22.9. The van der Waals surface area contributed by atoms with Crippen molar-refractivity contribution < 1.29 is 24.5 Å². The molecule has 0 bridgehead atoms. The van der Waals surface area contributed by atoms with Gasteiger partial charge in [-0.2, -0.15) is 0 Å².